The third-order valence-corrected chi connectivity index (χ3v) is 4.11. The van der Waals surface area contributed by atoms with E-state index in [1.54, 1.807) is 0 Å². The summed E-state index contributed by atoms with van der Waals surface area (Å²) in [5.74, 6) is 0. The van der Waals surface area contributed by atoms with Crippen molar-refractivity contribution in [2.24, 2.45) is 0 Å². The molecule has 0 bridgehead atoms. The quantitative estimate of drug-likeness (QED) is 0.695. The average molecular weight is 272 g/mol. The van der Waals surface area contributed by atoms with Crippen LogP contribution in [0.4, 0.5) is 5.69 Å². The number of benzene rings is 2. The zero-order valence-corrected chi connectivity index (χ0v) is 11.7. The predicted octanol–water partition coefficient (Wildman–Crippen LogP) is 4.19. The molecular weight excluding hydrogens is 256 g/mol. The maximum absolute atomic E-state index is 4.14. The van der Waals surface area contributed by atoms with E-state index in [0.29, 0.717) is 0 Å². The van der Waals surface area contributed by atoms with Crippen molar-refractivity contribution in [3.63, 3.8) is 0 Å². The van der Waals surface area contributed by atoms with Crippen molar-refractivity contribution in [1.29, 1.82) is 0 Å². The van der Waals surface area contributed by atoms with Crippen LogP contribution < -0.4 is 4.90 Å². The molecule has 1 atom stereocenters. The Morgan fingerprint density at radius 1 is 0.810 bits per heavy atom. The number of pyridine rings is 1. The summed E-state index contributed by atoms with van der Waals surface area (Å²) in [7, 11) is 0. The van der Waals surface area contributed by atoms with Crippen molar-refractivity contribution in [3.8, 4) is 0 Å². The van der Waals surface area contributed by atoms with Gasteiger partial charge in [-0.2, -0.15) is 0 Å². The van der Waals surface area contributed by atoms with Crippen molar-refractivity contribution in [1.82, 2.24) is 4.98 Å². The molecule has 0 spiro atoms. The van der Waals surface area contributed by atoms with Gasteiger partial charge in [0.2, 0.25) is 0 Å². The van der Waals surface area contributed by atoms with Crippen LogP contribution in [0.3, 0.4) is 0 Å². The molecular formula is C19H16N2. The maximum Gasteiger partial charge on any atom is 0.0803 e. The molecule has 2 aromatic carbocycles. The Bertz CT molecular complexity index is 738. The van der Waals surface area contributed by atoms with E-state index in [2.05, 4.69) is 76.6 Å². The molecule has 1 aliphatic heterocycles. The fraction of sp³-hybridized carbons (Fsp3) is 0.105. The van der Waals surface area contributed by atoms with E-state index in [9.17, 15) is 0 Å². The van der Waals surface area contributed by atoms with Gasteiger partial charge in [-0.05, 0) is 28.8 Å². The van der Waals surface area contributed by atoms with Crippen LogP contribution in [0.1, 0.15) is 22.7 Å². The van der Waals surface area contributed by atoms with Crippen molar-refractivity contribution in [2.45, 2.75) is 12.6 Å². The molecule has 1 unspecified atom stereocenters. The van der Waals surface area contributed by atoms with Gasteiger partial charge >= 0.3 is 0 Å². The van der Waals surface area contributed by atoms with Crippen LogP contribution in [0.5, 0.6) is 0 Å². The van der Waals surface area contributed by atoms with Crippen LogP contribution in [0, 0.1) is 0 Å². The summed E-state index contributed by atoms with van der Waals surface area (Å²) in [5.41, 5.74) is 5.36. The van der Waals surface area contributed by atoms with Gasteiger partial charge in [-0.1, -0.05) is 54.6 Å². The number of hydrogen-bond donors (Lipinski definition) is 0. The highest BCUT2D eigenvalue weighted by atomic mass is 15.2. The number of nitrogens with zero attached hydrogens (tertiary/aromatic N) is 2. The molecule has 0 saturated heterocycles. The molecule has 2 heterocycles. The highest BCUT2D eigenvalue weighted by molar-refractivity contribution is 5.57. The number of fused-ring (bicyclic) bond motifs is 1. The van der Waals surface area contributed by atoms with E-state index in [4.69, 9.17) is 0 Å². The molecule has 0 saturated carbocycles. The summed E-state index contributed by atoms with van der Waals surface area (Å²) in [6, 6.07) is 23.9. The Morgan fingerprint density at radius 2 is 1.52 bits per heavy atom. The fourth-order valence-corrected chi connectivity index (χ4v) is 3.16. The molecule has 0 N–H and O–H groups in total. The Hall–Kier alpha value is -2.61. The van der Waals surface area contributed by atoms with Crippen LogP contribution in [0.25, 0.3) is 0 Å². The van der Waals surface area contributed by atoms with Crippen LogP contribution in [0.15, 0.2) is 79.1 Å². The molecule has 4 rings (SSSR count). The van der Waals surface area contributed by atoms with E-state index in [-0.39, 0.29) is 6.04 Å². The van der Waals surface area contributed by atoms with Crippen LogP contribution >= 0.6 is 0 Å². The largest absolute Gasteiger partial charge is 0.356 e. The molecule has 0 aliphatic carbocycles. The van der Waals surface area contributed by atoms with Crippen molar-refractivity contribution in [3.05, 3.63) is 95.8 Å². The lowest BCUT2D eigenvalue weighted by Gasteiger charge is -2.27. The standard InChI is InChI=1S/C19H16N2/c1-2-6-15(7-3-1)19-18-9-5-4-8-16(18)14-21(19)17-10-12-20-13-11-17/h1-13,19H,14H2. The van der Waals surface area contributed by atoms with Crippen LogP contribution in [0.2, 0.25) is 0 Å². The Balaban J connectivity index is 1.85. The minimum Gasteiger partial charge on any atom is -0.356 e. The van der Waals surface area contributed by atoms with Gasteiger partial charge in [-0.25, -0.2) is 0 Å². The van der Waals surface area contributed by atoms with Crippen LogP contribution in [-0.4, -0.2) is 4.98 Å². The number of hydrogen-bond acceptors (Lipinski definition) is 2. The van der Waals surface area contributed by atoms with Gasteiger partial charge in [0.25, 0.3) is 0 Å². The van der Waals surface area contributed by atoms with E-state index in [1.807, 2.05) is 12.4 Å². The minimum absolute atomic E-state index is 0.282. The molecule has 1 aliphatic rings. The first-order valence-corrected chi connectivity index (χ1v) is 7.23. The monoisotopic (exact) mass is 272 g/mol. The van der Waals surface area contributed by atoms with Crippen molar-refractivity contribution < 1.29 is 0 Å². The second-order valence-electron chi connectivity index (χ2n) is 5.35. The van der Waals surface area contributed by atoms with E-state index in [0.717, 1.165) is 6.54 Å². The number of aromatic nitrogens is 1. The molecule has 0 amide bonds. The van der Waals surface area contributed by atoms with Crippen molar-refractivity contribution in [2.75, 3.05) is 4.90 Å². The zero-order valence-electron chi connectivity index (χ0n) is 11.7. The zero-order chi connectivity index (χ0) is 14.1. The van der Waals surface area contributed by atoms with E-state index in [1.165, 1.54) is 22.4 Å². The molecule has 0 radical (unpaired) electrons. The first kappa shape index (κ1) is 12.2. The smallest absolute Gasteiger partial charge is 0.0803 e. The number of rotatable bonds is 2. The summed E-state index contributed by atoms with van der Waals surface area (Å²) < 4.78 is 0. The molecule has 102 valence electrons. The average Bonchev–Trinajstić information content (AvgIpc) is 2.96. The summed E-state index contributed by atoms with van der Waals surface area (Å²) in [5, 5.41) is 0. The van der Waals surface area contributed by atoms with Crippen LogP contribution in [-0.2, 0) is 6.54 Å². The van der Waals surface area contributed by atoms with E-state index < -0.39 is 0 Å². The minimum atomic E-state index is 0.282. The SMILES string of the molecule is c1ccc(C2c3ccccc3CN2c2ccncc2)cc1. The lowest BCUT2D eigenvalue weighted by atomic mass is 9.98. The normalized spacial score (nSPS) is 16.8. The Kier molecular flexibility index (Phi) is 2.93. The first-order valence-electron chi connectivity index (χ1n) is 7.23. The molecule has 2 nitrogen and oxygen atoms in total. The van der Waals surface area contributed by atoms with Gasteiger partial charge in [-0.15, -0.1) is 0 Å². The van der Waals surface area contributed by atoms with Gasteiger partial charge in [0, 0.05) is 24.6 Å². The maximum atomic E-state index is 4.14. The fourth-order valence-electron chi connectivity index (χ4n) is 3.16. The predicted molar refractivity (Wildman–Crippen MR) is 85.1 cm³/mol. The highest BCUT2D eigenvalue weighted by Crippen LogP contribution is 2.41. The summed E-state index contributed by atoms with van der Waals surface area (Å²) >= 11 is 0. The molecule has 2 heteroatoms. The first-order chi connectivity index (χ1) is 10.4. The van der Waals surface area contributed by atoms with Crippen molar-refractivity contribution >= 4 is 5.69 Å². The summed E-state index contributed by atoms with van der Waals surface area (Å²) in [4.78, 5) is 6.58. The summed E-state index contributed by atoms with van der Waals surface area (Å²) in [6.07, 6.45) is 3.72. The molecule has 0 fully saturated rings. The molecule has 3 aromatic rings. The third kappa shape index (κ3) is 2.09. The van der Waals surface area contributed by atoms with Gasteiger partial charge in [0.15, 0.2) is 0 Å². The second-order valence-corrected chi connectivity index (χ2v) is 5.35. The molecule has 21 heavy (non-hydrogen) atoms. The summed E-state index contributed by atoms with van der Waals surface area (Å²) in [6.45, 7) is 0.944. The Morgan fingerprint density at radius 3 is 2.33 bits per heavy atom. The van der Waals surface area contributed by atoms with Gasteiger partial charge in [0.1, 0.15) is 0 Å². The molecule has 1 aromatic heterocycles. The lowest BCUT2D eigenvalue weighted by Crippen LogP contribution is -2.22. The van der Waals surface area contributed by atoms with Gasteiger partial charge in [0.05, 0.1) is 6.04 Å². The Labute approximate surface area is 124 Å². The second kappa shape index (κ2) is 5.06. The van der Waals surface area contributed by atoms with E-state index >= 15 is 0 Å². The van der Waals surface area contributed by atoms with Gasteiger partial charge < -0.3 is 4.90 Å². The highest BCUT2D eigenvalue weighted by Gasteiger charge is 2.31. The van der Waals surface area contributed by atoms with Gasteiger partial charge in [-0.3, -0.25) is 4.98 Å². The lowest BCUT2D eigenvalue weighted by molar-refractivity contribution is 0.769. The number of anilines is 1. The topological polar surface area (TPSA) is 16.1 Å². The third-order valence-electron chi connectivity index (χ3n) is 4.11.